The summed E-state index contributed by atoms with van der Waals surface area (Å²) >= 11 is 0. The molecule has 2 saturated heterocycles. The molecule has 0 bridgehead atoms. The number of nitrogens with zero attached hydrogens (tertiary/aromatic N) is 1. The molecule has 1 atom stereocenters. The van der Waals surface area contributed by atoms with Crippen molar-refractivity contribution < 1.29 is 4.74 Å². The molecule has 0 amide bonds. The molecule has 0 aromatic carbocycles. The summed E-state index contributed by atoms with van der Waals surface area (Å²) in [6.07, 6.45) is 1.28. The molecule has 1 unspecified atom stereocenters. The highest BCUT2D eigenvalue weighted by Gasteiger charge is 2.31. The van der Waals surface area contributed by atoms with E-state index < -0.39 is 0 Å². The van der Waals surface area contributed by atoms with E-state index in [-0.39, 0.29) is 0 Å². The van der Waals surface area contributed by atoms with E-state index in [1.807, 2.05) is 0 Å². The maximum absolute atomic E-state index is 5.60. The van der Waals surface area contributed by atoms with Crippen LogP contribution in [0, 0.1) is 5.92 Å². The van der Waals surface area contributed by atoms with E-state index in [4.69, 9.17) is 10.5 Å². The average molecular weight is 156 g/mol. The van der Waals surface area contributed by atoms with Gasteiger partial charge in [0.2, 0.25) is 0 Å². The van der Waals surface area contributed by atoms with Gasteiger partial charge in [-0.3, -0.25) is 4.90 Å². The predicted molar refractivity (Wildman–Crippen MR) is 43.3 cm³/mol. The lowest BCUT2D eigenvalue weighted by atomic mass is 10.1. The van der Waals surface area contributed by atoms with E-state index in [9.17, 15) is 0 Å². The van der Waals surface area contributed by atoms with Gasteiger partial charge >= 0.3 is 0 Å². The molecule has 64 valence electrons. The number of rotatable bonds is 2. The van der Waals surface area contributed by atoms with Gasteiger partial charge in [-0.15, -0.1) is 0 Å². The molecule has 2 rings (SSSR count). The van der Waals surface area contributed by atoms with Crippen molar-refractivity contribution in [1.29, 1.82) is 0 Å². The van der Waals surface area contributed by atoms with Gasteiger partial charge in [0, 0.05) is 6.54 Å². The Kier molecular flexibility index (Phi) is 2.11. The van der Waals surface area contributed by atoms with Crippen LogP contribution in [-0.4, -0.2) is 43.8 Å². The fraction of sp³-hybridized carbons (Fsp3) is 1.00. The summed E-state index contributed by atoms with van der Waals surface area (Å²) in [7, 11) is 0. The minimum absolute atomic E-state index is 0.714. The molecule has 0 aromatic rings. The van der Waals surface area contributed by atoms with Gasteiger partial charge in [-0.1, -0.05) is 0 Å². The van der Waals surface area contributed by atoms with E-state index in [0.717, 1.165) is 25.7 Å². The van der Waals surface area contributed by atoms with Gasteiger partial charge < -0.3 is 10.5 Å². The van der Waals surface area contributed by atoms with E-state index in [2.05, 4.69) is 4.90 Å². The third-order valence-corrected chi connectivity index (χ3v) is 2.79. The zero-order valence-corrected chi connectivity index (χ0v) is 6.83. The van der Waals surface area contributed by atoms with Crippen molar-refractivity contribution in [3.8, 4) is 0 Å². The van der Waals surface area contributed by atoms with Crippen LogP contribution in [0.3, 0.4) is 0 Å². The third kappa shape index (κ3) is 1.41. The number of hydrogen-bond acceptors (Lipinski definition) is 3. The average Bonchev–Trinajstić information content (AvgIpc) is 2.32. The van der Waals surface area contributed by atoms with E-state index >= 15 is 0 Å². The van der Waals surface area contributed by atoms with Crippen LogP contribution < -0.4 is 5.73 Å². The highest BCUT2D eigenvalue weighted by molar-refractivity contribution is 4.84. The monoisotopic (exact) mass is 156 g/mol. The topological polar surface area (TPSA) is 38.5 Å². The molecule has 2 aliphatic rings. The smallest absolute Gasteiger partial charge is 0.0645 e. The van der Waals surface area contributed by atoms with Crippen molar-refractivity contribution in [1.82, 2.24) is 4.90 Å². The van der Waals surface area contributed by atoms with Gasteiger partial charge in [-0.25, -0.2) is 0 Å². The van der Waals surface area contributed by atoms with Crippen molar-refractivity contribution in [3.05, 3.63) is 0 Å². The molecule has 2 N–H and O–H groups in total. The molecule has 11 heavy (non-hydrogen) atoms. The standard InChI is InChI=1S/C8H16N2O/c9-3-7-1-2-10(4-7)8-5-11-6-8/h7-8H,1-6,9H2. The van der Waals surface area contributed by atoms with Gasteiger partial charge in [0.05, 0.1) is 19.3 Å². The Bertz CT molecular complexity index is 136. The Morgan fingerprint density at radius 3 is 2.73 bits per heavy atom. The molecular weight excluding hydrogens is 140 g/mol. The summed E-state index contributed by atoms with van der Waals surface area (Å²) in [4.78, 5) is 2.51. The van der Waals surface area contributed by atoms with Gasteiger partial charge in [0.25, 0.3) is 0 Å². The van der Waals surface area contributed by atoms with Crippen LogP contribution in [0.1, 0.15) is 6.42 Å². The molecule has 2 fully saturated rings. The molecule has 0 spiro atoms. The first-order chi connectivity index (χ1) is 5.40. The highest BCUT2D eigenvalue weighted by Crippen LogP contribution is 2.20. The minimum atomic E-state index is 0.714. The maximum atomic E-state index is 5.60. The summed E-state index contributed by atoms with van der Waals surface area (Å²) in [6.45, 7) is 5.17. The highest BCUT2D eigenvalue weighted by atomic mass is 16.5. The molecule has 0 aliphatic carbocycles. The SMILES string of the molecule is NCC1CCN(C2COC2)C1. The van der Waals surface area contributed by atoms with Crippen LogP contribution in [0.25, 0.3) is 0 Å². The third-order valence-electron chi connectivity index (χ3n) is 2.79. The Morgan fingerprint density at radius 1 is 1.45 bits per heavy atom. The number of nitrogens with two attached hydrogens (primary N) is 1. The van der Waals surface area contributed by atoms with Crippen LogP contribution in [0.4, 0.5) is 0 Å². The Morgan fingerprint density at radius 2 is 2.27 bits per heavy atom. The first kappa shape index (κ1) is 7.53. The molecule has 2 heterocycles. The molecular formula is C8H16N2O. The predicted octanol–water partition coefficient (Wildman–Crippen LogP) is -0.334. The Labute approximate surface area is 67.5 Å². The van der Waals surface area contributed by atoms with Gasteiger partial charge in [-0.2, -0.15) is 0 Å². The molecule has 3 nitrogen and oxygen atoms in total. The lowest BCUT2D eigenvalue weighted by molar-refractivity contribution is -0.0579. The van der Waals surface area contributed by atoms with Crippen LogP contribution >= 0.6 is 0 Å². The first-order valence-electron chi connectivity index (χ1n) is 4.42. The van der Waals surface area contributed by atoms with E-state index in [1.165, 1.54) is 19.5 Å². The van der Waals surface area contributed by atoms with Gasteiger partial charge in [0.15, 0.2) is 0 Å². The Balaban J connectivity index is 1.79. The fourth-order valence-electron chi connectivity index (χ4n) is 1.82. The van der Waals surface area contributed by atoms with E-state index in [0.29, 0.717) is 6.04 Å². The second kappa shape index (κ2) is 3.09. The Hall–Kier alpha value is -0.120. The van der Waals surface area contributed by atoms with Gasteiger partial charge in [-0.05, 0) is 25.4 Å². The first-order valence-corrected chi connectivity index (χ1v) is 4.42. The number of likely N-dealkylation sites (tertiary alicyclic amines) is 1. The van der Waals surface area contributed by atoms with Crippen LogP contribution in [0.5, 0.6) is 0 Å². The lowest BCUT2D eigenvalue weighted by Crippen LogP contribution is -2.48. The molecule has 0 radical (unpaired) electrons. The quantitative estimate of drug-likeness (QED) is 0.595. The van der Waals surface area contributed by atoms with Crippen LogP contribution in [0.2, 0.25) is 0 Å². The molecule has 0 aromatic heterocycles. The van der Waals surface area contributed by atoms with Crippen molar-refractivity contribution in [2.45, 2.75) is 12.5 Å². The zero-order valence-electron chi connectivity index (χ0n) is 6.83. The number of ether oxygens (including phenoxy) is 1. The maximum Gasteiger partial charge on any atom is 0.0645 e. The van der Waals surface area contributed by atoms with Crippen molar-refractivity contribution >= 4 is 0 Å². The summed E-state index contributed by atoms with van der Waals surface area (Å²) in [5, 5.41) is 0. The van der Waals surface area contributed by atoms with E-state index in [1.54, 1.807) is 0 Å². The summed E-state index contributed by atoms with van der Waals surface area (Å²) in [5.41, 5.74) is 5.60. The molecule has 2 aliphatic heterocycles. The largest absolute Gasteiger partial charge is 0.378 e. The van der Waals surface area contributed by atoms with Crippen LogP contribution in [0.15, 0.2) is 0 Å². The lowest BCUT2D eigenvalue weighted by Gasteiger charge is -2.34. The second-order valence-corrected chi connectivity index (χ2v) is 3.58. The summed E-state index contributed by atoms with van der Waals surface area (Å²) in [5.74, 6) is 0.746. The number of hydrogen-bond donors (Lipinski definition) is 1. The minimum Gasteiger partial charge on any atom is -0.378 e. The van der Waals surface area contributed by atoms with Crippen molar-refractivity contribution in [3.63, 3.8) is 0 Å². The summed E-state index contributed by atoms with van der Waals surface area (Å²) in [6, 6.07) is 0.714. The van der Waals surface area contributed by atoms with Crippen molar-refractivity contribution in [2.24, 2.45) is 11.7 Å². The normalized spacial score (nSPS) is 34.1. The van der Waals surface area contributed by atoms with Gasteiger partial charge in [0.1, 0.15) is 0 Å². The summed E-state index contributed by atoms with van der Waals surface area (Å²) < 4.78 is 5.14. The molecule has 0 saturated carbocycles. The molecule has 3 heteroatoms. The zero-order chi connectivity index (χ0) is 7.68. The van der Waals surface area contributed by atoms with Crippen LogP contribution in [-0.2, 0) is 4.74 Å². The second-order valence-electron chi connectivity index (χ2n) is 3.58. The fourth-order valence-corrected chi connectivity index (χ4v) is 1.82. The van der Waals surface area contributed by atoms with Crippen molar-refractivity contribution in [2.75, 3.05) is 32.8 Å².